The lowest BCUT2D eigenvalue weighted by atomic mass is 10.1. The molecule has 1 aromatic rings. The van der Waals surface area contributed by atoms with Gasteiger partial charge in [0, 0.05) is 22.9 Å². The molecule has 0 unspecified atom stereocenters. The van der Waals surface area contributed by atoms with E-state index in [1.54, 1.807) is 25.3 Å². The number of hydrogen-bond donors (Lipinski definition) is 1. The maximum absolute atomic E-state index is 11.9. The zero-order valence-corrected chi connectivity index (χ0v) is 13.2. The van der Waals surface area contributed by atoms with Crippen LogP contribution in [-0.2, 0) is 9.47 Å². The molecule has 3 nitrogen and oxygen atoms in total. The van der Waals surface area contributed by atoms with Crippen LogP contribution >= 0.6 is 28.6 Å². The average molecular weight is 333 g/mol. The molecule has 0 radical (unpaired) electrons. The van der Waals surface area contributed by atoms with Crippen LogP contribution in [0.15, 0.2) is 27.6 Å². The largest absolute Gasteiger partial charge is 0.462 e. The lowest BCUT2D eigenvalue weighted by molar-refractivity contribution is -0.00566. The third kappa shape index (κ3) is 4.63. The minimum Gasteiger partial charge on any atom is -0.462 e. The first-order valence-electron chi connectivity index (χ1n) is 5.56. The molecule has 18 heavy (non-hydrogen) atoms. The summed E-state index contributed by atoms with van der Waals surface area (Å²) in [5, 5.41) is 0. The predicted molar refractivity (Wildman–Crippen MR) is 77.4 cm³/mol. The van der Waals surface area contributed by atoms with Crippen molar-refractivity contribution >= 4 is 34.5 Å². The molecule has 0 aliphatic rings. The van der Waals surface area contributed by atoms with Crippen molar-refractivity contribution in [2.45, 2.75) is 30.8 Å². The van der Waals surface area contributed by atoms with Crippen LogP contribution in [0.4, 0.5) is 0 Å². The first-order valence-corrected chi connectivity index (χ1v) is 6.80. The molecule has 0 aliphatic heterocycles. The van der Waals surface area contributed by atoms with E-state index in [9.17, 15) is 4.79 Å². The molecule has 0 spiro atoms. The molecular formula is C13H17BrO3S. The Bertz CT molecular complexity index is 432. The molecule has 1 rings (SSSR count). The smallest absolute Gasteiger partial charge is 0.339 e. The second-order valence-electron chi connectivity index (χ2n) is 4.51. The number of halogens is 1. The van der Waals surface area contributed by atoms with E-state index in [1.807, 2.05) is 13.8 Å². The van der Waals surface area contributed by atoms with E-state index in [-0.39, 0.29) is 11.6 Å². The third-order valence-corrected chi connectivity index (χ3v) is 3.63. The molecule has 1 aromatic carbocycles. The molecular weight excluding hydrogens is 316 g/mol. The van der Waals surface area contributed by atoms with Crippen LogP contribution in [0.2, 0.25) is 0 Å². The highest BCUT2D eigenvalue weighted by molar-refractivity contribution is 9.10. The van der Waals surface area contributed by atoms with Crippen LogP contribution in [0.3, 0.4) is 0 Å². The highest BCUT2D eigenvalue weighted by Crippen LogP contribution is 2.21. The molecule has 0 atom stereocenters. The number of rotatable bonds is 5. The van der Waals surface area contributed by atoms with Crippen molar-refractivity contribution in [3.8, 4) is 0 Å². The van der Waals surface area contributed by atoms with Crippen LogP contribution in [-0.4, -0.2) is 25.3 Å². The summed E-state index contributed by atoms with van der Waals surface area (Å²) in [6.07, 6.45) is 0.646. The van der Waals surface area contributed by atoms with Crippen LogP contribution in [0, 0.1) is 0 Å². The van der Waals surface area contributed by atoms with E-state index < -0.39 is 0 Å². The molecule has 0 N–H and O–H groups in total. The monoisotopic (exact) mass is 332 g/mol. The van der Waals surface area contributed by atoms with Gasteiger partial charge in [-0.1, -0.05) is 0 Å². The Morgan fingerprint density at radius 3 is 2.72 bits per heavy atom. The van der Waals surface area contributed by atoms with Crippen molar-refractivity contribution in [3.05, 3.63) is 28.2 Å². The fraction of sp³-hybridized carbons (Fsp3) is 0.462. The summed E-state index contributed by atoms with van der Waals surface area (Å²) >= 11 is 7.52. The molecule has 0 aromatic heterocycles. The zero-order valence-electron chi connectivity index (χ0n) is 10.7. The summed E-state index contributed by atoms with van der Waals surface area (Å²) in [4.78, 5) is 12.6. The maximum Gasteiger partial charge on any atom is 0.339 e. The van der Waals surface area contributed by atoms with Gasteiger partial charge in [0.1, 0.15) is 0 Å². The Morgan fingerprint density at radius 1 is 1.44 bits per heavy atom. The van der Waals surface area contributed by atoms with Crippen molar-refractivity contribution in [1.29, 1.82) is 0 Å². The Labute approximate surface area is 121 Å². The van der Waals surface area contributed by atoms with E-state index in [1.165, 1.54) is 0 Å². The van der Waals surface area contributed by atoms with Gasteiger partial charge in [-0.25, -0.2) is 4.79 Å². The van der Waals surface area contributed by atoms with Crippen LogP contribution in [0.1, 0.15) is 30.6 Å². The van der Waals surface area contributed by atoms with Gasteiger partial charge in [-0.05, 0) is 48.0 Å². The number of esters is 1. The van der Waals surface area contributed by atoms with Crippen molar-refractivity contribution in [3.63, 3.8) is 0 Å². The number of methoxy groups -OCH3 is 1. The number of hydrogen-bond acceptors (Lipinski definition) is 4. The fourth-order valence-corrected chi connectivity index (χ4v) is 1.85. The van der Waals surface area contributed by atoms with Gasteiger partial charge in [0.15, 0.2) is 0 Å². The highest BCUT2D eigenvalue weighted by atomic mass is 79.9. The van der Waals surface area contributed by atoms with Gasteiger partial charge in [-0.15, -0.1) is 12.6 Å². The quantitative estimate of drug-likeness (QED) is 0.659. The number of thiol groups is 1. The van der Waals surface area contributed by atoms with Gasteiger partial charge in [-0.2, -0.15) is 0 Å². The Kier molecular flexibility index (Phi) is 5.69. The van der Waals surface area contributed by atoms with E-state index in [0.717, 1.165) is 4.90 Å². The van der Waals surface area contributed by atoms with Crippen LogP contribution < -0.4 is 0 Å². The van der Waals surface area contributed by atoms with Gasteiger partial charge in [0.05, 0.1) is 17.8 Å². The molecule has 0 amide bonds. The number of carbonyl (C=O) groups excluding carboxylic acids is 1. The zero-order chi connectivity index (χ0) is 13.8. The summed E-state index contributed by atoms with van der Waals surface area (Å²) < 4.78 is 11.2. The topological polar surface area (TPSA) is 35.5 Å². The van der Waals surface area contributed by atoms with Crippen molar-refractivity contribution in [2.24, 2.45) is 0 Å². The number of carbonyl (C=O) groups is 1. The van der Waals surface area contributed by atoms with E-state index in [2.05, 4.69) is 28.6 Å². The summed E-state index contributed by atoms with van der Waals surface area (Å²) in [7, 11) is 1.64. The summed E-state index contributed by atoms with van der Waals surface area (Å²) in [5.41, 5.74) is 0.195. The molecule has 0 heterocycles. The van der Waals surface area contributed by atoms with Crippen molar-refractivity contribution < 1.29 is 14.3 Å². The SMILES string of the molecule is COC(C)(C)CCOC(=O)c1cc(S)ccc1Br. The summed E-state index contributed by atoms with van der Waals surface area (Å²) in [5.74, 6) is -0.357. The molecule has 0 saturated carbocycles. The van der Waals surface area contributed by atoms with Gasteiger partial charge < -0.3 is 9.47 Å². The Morgan fingerprint density at radius 2 is 2.11 bits per heavy atom. The lowest BCUT2D eigenvalue weighted by Gasteiger charge is -2.22. The number of ether oxygens (including phenoxy) is 2. The van der Waals surface area contributed by atoms with Crippen molar-refractivity contribution in [1.82, 2.24) is 0 Å². The Balaban J connectivity index is 2.58. The average Bonchev–Trinajstić information content (AvgIpc) is 2.32. The first-order chi connectivity index (χ1) is 8.35. The fourth-order valence-electron chi connectivity index (χ4n) is 1.24. The second kappa shape index (κ2) is 6.59. The normalized spacial score (nSPS) is 11.4. The predicted octanol–water partition coefficient (Wildman–Crippen LogP) is 3.71. The second-order valence-corrected chi connectivity index (χ2v) is 5.88. The molecule has 0 aliphatic carbocycles. The lowest BCUT2D eigenvalue weighted by Crippen LogP contribution is -2.25. The summed E-state index contributed by atoms with van der Waals surface area (Å²) in [6, 6.07) is 5.26. The van der Waals surface area contributed by atoms with Gasteiger partial charge in [0.25, 0.3) is 0 Å². The van der Waals surface area contributed by atoms with Crippen LogP contribution in [0.25, 0.3) is 0 Å². The third-order valence-electron chi connectivity index (χ3n) is 2.66. The maximum atomic E-state index is 11.9. The minimum atomic E-state index is -0.357. The highest BCUT2D eigenvalue weighted by Gasteiger charge is 2.18. The first kappa shape index (κ1) is 15.5. The van der Waals surface area contributed by atoms with E-state index in [0.29, 0.717) is 23.1 Å². The van der Waals surface area contributed by atoms with Gasteiger partial charge >= 0.3 is 5.97 Å². The van der Waals surface area contributed by atoms with Crippen molar-refractivity contribution in [2.75, 3.05) is 13.7 Å². The minimum absolute atomic E-state index is 0.289. The van der Waals surface area contributed by atoms with Crippen LogP contribution in [0.5, 0.6) is 0 Å². The van der Waals surface area contributed by atoms with E-state index in [4.69, 9.17) is 9.47 Å². The molecule has 0 bridgehead atoms. The Hall–Kier alpha value is -0.520. The van der Waals surface area contributed by atoms with E-state index >= 15 is 0 Å². The van der Waals surface area contributed by atoms with Gasteiger partial charge in [0.2, 0.25) is 0 Å². The molecule has 100 valence electrons. The molecule has 0 fully saturated rings. The molecule has 5 heteroatoms. The molecule has 0 saturated heterocycles. The van der Waals surface area contributed by atoms with Gasteiger partial charge in [-0.3, -0.25) is 0 Å². The standard InChI is InChI=1S/C13H17BrO3S/c1-13(2,16-3)6-7-17-12(15)10-8-9(18)4-5-11(10)14/h4-5,8,18H,6-7H2,1-3H3. The summed E-state index contributed by atoms with van der Waals surface area (Å²) in [6.45, 7) is 4.22. The number of benzene rings is 1.